The van der Waals surface area contributed by atoms with Crippen molar-refractivity contribution >= 4 is 45.1 Å². The summed E-state index contributed by atoms with van der Waals surface area (Å²) in [5.74, 6) is 0. The van der Waals surface area contributed by atoms with Gasteiger partial charge in [0.1, 0.15) is 0 Å². The molecule has 3 aromatic rings. The molecular weight excluding hydrogens is 284 g/mol. The fourth-order valence-corrected chi connectivity index (χ4v) is 2.26. The van der Waals surface area contributed by atoms with Gasteiger partial charge in [-0.15, -0.1) is 0 Å². The van der Waals surface area contributed by atoms with Crippen LogP contribution >= 0.6 is 12.2 Å². The molecule has 0 saturated carbocycles. The number of hydrogen-bond donors (Lipinski definition) is 3. The molecule has 0 bridgehead atoms. The van der Waals surface area contributed by atoms with Crippen LogP contribution in [0.4, 0.5) is 5.69 Å². The van der Waals surface area contributed by atoms with Gasteiger partial charge in [-0.25, -0.2) is 9.97 Å². The maximum atomic E-state index is 8.75. The Balaban J connectivity index is 1.92. The van der Waals surface area contributed by atoms with Gasteiger partial charge in [0.25, 0.3) is 0 Å². The van der Waals surface area contributed by atoms with Crippen molar-refractivity contribution in [1.82, 2.24) is 15.3 Å². The summed E-state index contributed by atoms with van der Waals surface area (Å²) in [7, 11) is 0. The normalized spacial score (nSPS) is 10.7. The van der Waals surface area contributed by atoms with E-state index in [9.17, 15) is 0 Å². The summed E-state index contributed by atoms with van der Waals surface area (Å²) in [5, 5.41) is 15.2. The number of rotatable bonds is 3. The average Bonchev–Trinajstić information content (AvgIpc) is 2.51. The minimum atomic E-state index is 0.0387. The van der Waals surface area contributed by atoms with Gasteiger partial charge in [0.15, 0.2) is 5.11 Å². The highest BCUT2D eigenvalue weighted by Gasteiger charge is 2.03. The van der Waals surface area contributed by atoms with Crippen molar-refractivity contribution < 1.29 is 5.11 Å². The van der Waals surface area contributed by atoms with Gasteiger partial charge < -0.3 is 15.7 Å². The lowest BCUT2D eigenvalue weighted by Gasteiger charge is -2.10. The third kappa shape index (κ3) is 3.07. The van der Waals surface area contributed by atoms with Crippen LogP contribution in [0.3, 0.4) is 0 Å². The Labute approximate surface area is 127 Å². The third-order valence-corrected chi connectivity index (χ3v) is 3.24. The first kappa shape index (κ1) is 13.7. The number of fused-ring (bicyclic) bond motifs is 2. The highest BCUT2D eigenvalue weighted by molar-refractivity contribution is 7.80. The van der Waals surface area contributed by atoms with Crippen molar-refractivity contribution in [1.29, 1.82) is 0 Å². The second-order valence-corrected chi connectivity index (χ2v) is 4.93. The minimum Gasteiger partial charge on any atom is -0.395 e. The van der Waals surface area contributed by atoms with E-state index >= 15 is 0 Å². The van der Waals surface area contributed by atoms with Crippen molar-refractivity contribution in [2.75, 3.05) is 18.5 Å². The standard InChI is InChI=1S/C15H14N4OS/c20-8-7-16-15(21)17-10-5-6-13-14(9-10)19-12-4-2-1-3-11(12)18-13/h1-6,9,20H,7-8H2,(H2,16,17,21). The predicted molar refractivity (Wildman–Crippen MR) is 88.4 cm³/mol. The Morgan fingerprint density at radius 2 is 1.67 bits per heavy atom. The molecule has 21 heavy (non-hydrogen) atoms. The third-order valence-electron chi connectivity index (χ3n) is 2.99. The maximum absolute atomic E-state index is 8.75. The molecule has 0 aliphatic rings. The number of para-hydroxylation sites is 2. The van der Waals surface area contributed by atoms with Crippen LogP contribution in [0.15, 0.2) is 42.5 Å². The molecule has 5 nitrogen and oxygen atoms in total. The zero-order valence-electron chi connectivity index (χ0n) is 11.2. The van der Waals surface area contributed by atoms with Gasteiger partial charge in [-0.05, 0) is 42.5 Å². The Morgan fingerprint density at radius 3 is 2.38 bits per heavy atom. The van der Waals surface area contributed by atoms with Gasteiger partial charge >= 0.3 is 0 Å². The molecule has 0 aliphatic carbocycles. The first-order valence-electron chi connectivity index (χ1n) is 6.58. The van der Waals surface area contributed by atoms with Crippen LogP contribution in [0.25, 0.3) is 22.1 Å². The van der Waals surface area contributed by atoms with Crippen molar-refractivity contribution in [3.8, 4) is 0 Å². The van der Waals surface area contributed by atoms with E-state index in [2.05, 4.69) is 20.6 Å². The van der Waals surface area contributed by atoms with Crippen molar-refractivity contribution in [2.24, 2.45) is 0 Å². The number of thiocarbonyl (C=S) groups is 1. The van der Waals surface area contributed by atoms with Crippen molar-refractivity contribution in [3.63, 3.8) is 0 Å². The summed E-state index contributed by atoms with van der Waals surface area (Å²) in [5.41, 5.74) is 4.23. The summed E-state index contributed by atoms with van der Waals surface area (Å²) < 4.78 is 0. The van der Waals surface area contributed by atoms with E-state index in [1.165, 1.54) is 0 Å². The van der Waals surface area contributed by atoms with E-state index in [1.54, 1.807) is 0 Å². The molecule has 3 N–H and O–H groups in total. The molecule has 3 rings (SSSR count). The van der Waals surface area contributed by atoms with E-state index in [1.807, 2.05) is 42.5 Å². The second-order valence-electron chi connectivity index (χ2n) is 4.52. The van der Waals surface area contributed by atoms with Crippen LogP contribution < -0.4 is 10.6 Å². The molecule has 106 valence electrons. The Morgan fingerprint density at radius 1 is 1.00 bits per heavy atom. The average molecular weight is 298 g/mol. The van der Waals surface area contributed by atoms with Crippen LogP contribution in [0.5, 0.6) is 0 Å². The van der Waals surface area contributed by atoms with E-state index < -0.39 is 0 Å². The minimum absolute atomic E-state index is 0.0387. The summed E-state index contributed by atoms with van der Waals surface area (Å²) in [6.07, 6.45) is 0. The van der Waals surface area contributed by atoms with Gasteiger partial charge in [0, 0.05) is 12.2 Å². The summed E-state index contributed by atoms with van der Waals surface area (Å²) in [4.78, 5) is 9.18. The number of hydrogen-bond acceptors (Lipinski definition) is 4. The quantitative estimate of drug-likeness (QED) is 0.508. The number of aliphatic hydroxyl groups is 1. The fraction of sp³-hybridized carbons (Fsp3) is 0.133. The van der Waals surface area contributed by atoms with Crippen LogP contribution in [0.1, 0.15) is 0 Å². The highest BCUT2D eigenvalue weighted by atomic mass is 32.1. The van der Waals surface area contributed by atoms with Gasteiger partial charge in [-0.3, -0.25) is 0 Å². The molecule has 0 spiro atoms. The summed E-state index contributed by atoms with van der Waals surface area (Å²) in [6, 6.07) is 13.5. The van der Waals surface area contributed by atoms with E-state index in [4.69, 9.17) is 17.3 Å². The molecule has 1 heterocycles. The van der Waals surface area contributed by atoms with Crippen LogP contribution in [0, 0.1) is 0 Å². The van der Waals surface area contributed by atoms with Crippen molar-refractivity contribution in [2.45, 2.75) is 0 Å². The summed E-state index contributed by atoms with van der Waals surface area (Å²) in [6.45, 7) is 0.459. The number of aliphatic hydroxyl groups excluding tert-OH is 1. The molecule has 0 amide bonds. The van der Waals surface area contributed by atoms with Crippen LogP contribution in [-0.2, 0) is 0 Å². The zero-order chi connectivity index (χ0) is 14.7. The predicted octanol–water partition coefficient (Wildman–Crippen LogP) is 2.06. The first-order chi connectivity index (χ1) is 10.3. The Hall–Kier alpha value is -2.31. The Bertz CT molecular complexity index is 806. The van der Waals surface area contributed by atoms with Gasteiger partial charge in [0.2, 0.25) is 0 Å². The highest BCUT2D eigenvalue weighted by Crippen LogP contribution is 2.19. The zero-order valence-corrected chi connectivity index (χ0v) is 12.0. The number of benzene rings is 2. The number of nitrogens with zero attached hydrogens (tertiary/aromatic N) is 2. The smallest absolute Gasteiger partial charge is 0.170 e. The molecule has 0 radical (unpaired) electrons. The number of aromatic nitrogens is 2. The van der Waals surface area contributed by atoms with E-state index in [-0.39, 0.29) is 6.61 Å². The van der Waals surface area contributed by atoms with Gasteiger partial charge in [0.05, 0.1) is 28.7 Å². The fourth-order valence-electron chi connectivity index (χ4n) is 2.04. The SMILES string of the molecule is OCCNC(=S)Nc1ccc2nc3ccccc3nc2c1. The largest absolute Gasteiger partial charge is 0.395 e. The lowest BCUT2D eigenvalue weighted by molar-refractivity contribution is 0.301. The number of anilines is 1. The van der Waals surface area contributed by atoms with Crippen LogP contribution in [0.2, 0.25) is 0 Å². The number of nitrogens with one attached hydrogen (secondary N) is 2. The molecule has 0 unspecified atom stereocenters. The lowest BCUT2D eigenvalue weighted by Crippen LogP contribution is -2.30. The molecule has 0 fully saturated rings. The molecule has 0 aliphatic heterocycles. The lowest BCUT2D eigenvalue weighted by atomic mass is 10.2. The molecule has 1 aromatic heterocycles. The molecular formula is C15H14N4OS. The van der Waals surface area contributed by atoms with Crippen LogP contribution in [-0.4, -0.2) is 33.3 Å². The topological polar surface area (TPSA) is 70.1 Å². The molecule has 2 aromatic carbocycles. The summed E-state index contributed by atoms with van der Waals surface area (Å²) >= 11 is 5.13. The monoisotopic (exact) mass is 298 g/mol. The molecule has 6 heteroatoms. The van der Waals surface area contributed by atoms with Gasteiger partial charge in [-0.1, -0.05) is 12.1 Å². The maximum Gasteiger partial charge on any atom is 0.170 e. The first-order valence-corrected chi connectivity index (χ1v) is 6.99. The second kappa shape index (κ2) is 5.99. The van der Waals surface area contributed by atoms with E-state index in [0.717, 1.165) is 27.8 Å². The van der Waals surface area contributed by atoms with E-state index in [0.29, 0.717) is 11.7 Å². The van der Waals surface area contributed by atoms with Crippen molar-refractivity contribution in [3.05, 3.63) is 42.5 Å². The van der Waals surface area contributed by atoms with Gasteiger partial charge in [-0.2, -0.15) is 0 Å². The molecule has 0 atom stereocenters. The Kier molecular flexibility index (Phi) is 3.89. The molecule has 0 saturated heterocycles.